The van der Waals surface area contributed by atoms with Gasteiger partial charge in [-0.1, -0.05) is 42.1 Å². The standard InChI is InChI=1S/C27H31N3O3S/c1-18(20-13-12-19-7-2-3-8-21(19)15-20)28-25(31)17-34-27-29-24-11-5-4-10-23(24)26(32)30(27)16-22-9-6-14-33-22/h4-5,10-13,15,18,22H,2-3,6-9,14,16-17H2,1H3,(H,28,31)/t18-,22+/m1/s1. The van der Waals surface area contributed by atoms with E-state index in [0.29, 0.717) is 22.6 Å². The molecular weight excluding hydrogens is 446 g/mol. The van der Waals surface area contributed by atoms with Crippen molar-refractivity contribution in [1.29, 1.82) is 0 Å². The maximum Gasteiger partial charge on any atom is 0.262 e. The molecule has 1 fully saturated rings. The van der Waals surface area contributed by atoms with Crippen LogP contribution in [0.3, 0.4) is 0 Å². The van der Waals surface area contributed by atoms with Crippen LogP contribution in [0.1, 0.15) is 55.3 Å². The smallest absolute Gasteiger partial charge is 0.262 e. The Morgan fingerprint density at radius 3 is 2.82 bits per heavy atom. The molecule has 0 radical (unpaired) electrons. The van der Waals surface area contributed by atoms with Gasteiger partial charge in [0.1, 0.15) is 0 Å². The lowest BCUT2D eigenvalue weighted by Crippen LogP contribution is -2.31. The molecule has 5 rings (SSSR count). The van der Waals surface area contributed by atoms with Crippen LogP contribution in [0, 0.1) is 0 Å². The molecule has 1 aliphatic heterocycles. The summed E-state index contributed by atoms with van der Waals surface area (Å²) in [6.45, 7) is 3.22. The van der Waals surface area contributed by atoms with Crippen LogP contribution < -0.4 is 10.9 Å². The van der Waals surface area contributed by atoms with Gasteiger partial charge in [-0.05, 0) is 74.3 Å². The lowest BCUT2D eigenvalue weighted by molar-refractivity contribution is -0.119. The largest absolute Gasteiger partial charge is 0.376 e. The summed E-state index contributed by atoms with van der Waals surface area (Å²) in [4.78, 5) is 30.8. The number of carbonyl (C=O) groups is 1. The van der Waals surface area contributed by atoms with Crippen molar-refractivity contribution in [3.05, 3.63) is 69.5 Å². The number of carbonyl (C=O) groups excluding carboxylic acids is 1. The van der Waals surface area contributed by atoms with Crippen molar-refractivity contribution in [1.82, 2.24) is 14.9 Å². The van der Waals surface area contributed by atoms with Crippen molar-refractivity contribution in [2.75, 3.05) is 12.4 Å². The van der Waals surface area contributed by atoms with Crippen molar-refractivity contribution in [3.8, 4) is 0 Å². The summed E-state index contributed by atoms with van der Waals surface area (Å²) in [5, 5.41) is 4.28. The number of amides is 1. The number of ether oxygens (including phenoxy) is 1. The molecular formula is C27H31N3O3S. The fourth-order valence-electron chi connectivity index (χ4n) is 4.93. The van der Waals surface area contributed by atoms with Crippen LogP contribution in [0.2, 0.25) is 0 Å². The number of aromatic nitrogens is 2. The number of hydrogen-bond donors (Lipinski definition) is 1. The predicted molar refractivity (Wildman–Crippen MR) is 135 cm³/mol. The average Bonchev–Trinajstić information content (AvgIpc) is 3.38. The second-order valence-electron chi connectivity index (χ2n) is 9.28. The van der Waals surface area contributed by atoms with E-state index in [0.717, 1.165) is 37.9 Å². The van der Waals surface area contributed by atoms with Gasteiger partial charge in [0.15, 0.2) is 5.16 Å². The minimum atomic E-state index is -0.0774. The second-order valence-corrected chi connectivity index (χ2v) is 10.2. The highest BCUT2D eigenvalue weighted by atomic mass is 32.2. The van der Waals surface area contributed by atoms with Gasteiger partial charge in [-0.3, -0.25) is 14.2 Å². The predicted octanol–water partition coefficient (Wildman–Crippen LogP) is 4.42. The Bertz CT molecular complexity index is 1250. The number of nitrogens with zero attached hydrogens (tertiary/aromatic N) is 2. The van der Waals surface area contributed by atoms with Crippen molar-refractivity contribution in [2.24, 2.45) is 0 Å². The molecule has 2 atom stereocenters. The van der Waals surface area contributed by atoms with E-state index in [9.17, 15) is 9.59 Å². The highest BCUT2D eigenvalue weighted by Crippen LogP contribution is 2.25. The van der Waals surface area contributed by atoms with Gasteiger partial charge in [0.05, 0.1) is 35.3 Å². The third-order valence-electron chi connectivity index (χ3n) is 6.82. The van der Waals surface area contributed by atoms with Crippen LogP contribution in [0.15, 0.2) is 52.4 Å². The fourth-order valence-corrected chi connectivity index (χ4v) is 5.75. The first-order valence-electron chi connectivity index (χ1n) is 12.2. The van der Waals surface area contributed by atoms with E-state index in [4.69, 9.17) is 9.72 Å². The highest BCUT2D eigenvalue weighted by Gasteiger charge is 2.21. The molecule has 6 nitrogen and oxygen atoms in total. The Morgan fingerprint density at radius 1 is 1.18 bits per heavy atom. The van der Waals surface area contributed by atoms with E-state index < -0.39 is 0 Å². The minimum Gasteiger partial charge on any atom is -0.376 e. The van der Waals surface area contributed by atoms with E-state index in [2.05, 4.69) is 23.5 Å². The summed E-state index contributed by atoms with van der Waals surface area (Å²) >= 11 is 1.31. The van der Waals surface area contributed by atoms with Gasteiger partial charge in [0, 0.05) is 6.61 Å². The number of aryl methyl sites for hydroxylation is 2. The lowest BCUT2D eigenvalue weighted by Gasteiger charge is -2.20. The van der Waals surface area contributed by atoms with E-state index in [1.807, 2.05) is 25.1 Å². The quantitative estimate of drug-likeness (QED) is 0.403. The first kappa shape index (κ1) is 23.1. The van der Waals surface area contributed by atoms with Crippen LogP contribution in [-0.4, -0.2) is 33.9 Å². The van der Waals surface area contributed by atoms with Gasteiger partial charge in [-0.25, -0.2) is 4.98 Å². The van der Waals surface area contributed by atoms with E-state index >= 15 is 0 Å². The maximum absolute atomic E-state index is 13.2. The van der Waals surface area contributed by atoms with Crippen molar-refractivity contribution in [2.45, 2.75) is 69.3 Å². The van der Waals surface area contributed by atoms with Gasteiger partial charge < -0.3 is 10.1 Å². The number of para-hydroxylation sites is 1. The average molecular weight is 478 g/mol. The first-order valence-corrected chi connectivity index (χ1v) is 13.2. The van der Waals surface area contributed by atoms with Gasteiger partial charge in [0.2, 0.25) is 5.91 Å². The van der Waals surface area contributed by atoms with Gasteiger partial charge in [-0.15, -0.1) is 0 Å². The van der Waals surface area contributed by atoms with Crippen LogP contribution in [-0.2, 0) is 28.9 Å². The lowest BCUT2D eigenvalue weighted by atomic mass is 9.89. The number of benzene rings is 2. The molecule has 7 heteroatoms. The van der Waals surface area contributed by atoms with E-state index in [1.165, 1.54) is 35.7 Å². The van der Waals surface area contributed by atoms with Gasteiger partial charge in [-0.2, -0.15) is 0 Å². The number of thioether (sulfide) groups is 1. The second kappa shape index (κ2) is 10.3. The van der Waals surface area contributed by atoms with Crippen molar-refractivity contribution < 1.29 is 9.53 Å². The highest BCUT2D eigenvalue weighted by molar-refractivity contribution is 7.99. The zero-order chi connectivity index (χ0) is 23.5. The molecule has 3 aromatic rings. The summed E-state index contributed by atoms with van der Waals surface area (Å²) in [6.07, 6.45) is 6.72. The third-order valence-corrected chi connectivity index (χ3v) is 7.80. The van der Waals surface area contributed by atoms with Gasteiger partial charge >= 0.3 is 0 Å². The summed E-state index contributed by atoms with van der Waals surface area (Å²) in [6, 6.07) is 13.9. The topological polar surface area (TPSA) is 73.2 Å². The number of fused-ring (bicyclic) bond motifs is 2. The summed E-state index contributed by atoms with van der Waals surface area (Å²) in [5.74, 6) is 0.132. The molecule has 2 aliphatic rings. The third kappa shape index (κ3) is 5.05. The molecule has 1 saturated heterocycles. The van der Waals surface area contributed by atoms with Crippen LogP contribution in [0.5, 0.6) is 0 Å². The number of rotatable bonds is 7. The molecule has 0 bridgehead atoms. The van der Waals surface area contributed by atoms with Crippen molar-refractivity contribution in [3.63, 3.8) is 0 Å². The molecule has 0 spiro atoms. The van der Waals surface area contributed by atoms with E-state index in [1.54, 1.807) is 10.6 Å². The molecule has 2 heterocycles. The van der Waals surface area contributed by atoms with Crippen LogP contribution in [0.4, 0.5) is 0 Å². The monoisotopic (exact) mass is 477 g/mol. The Balaban J connectivity index is 1.30. The molecule has 0 unspecified atom stereocenters. The molecule has 178 valence electrons. The van der Waals surface area contributed by atoms with Gasteiger partial charge in [0.25, 0.3) is 5.56 Å². The maximum atomic E-state index is 13.2. The Hall–Kier alpha value is -2.64. The first-order chi connectivity index (χ1) is 16.6. The molecule has 1 amide bonds. The molecule has 1 aliphatic carbocycles. The summed E-state index contributed by atoms with van der Waals surface area (Å²) in [7, 11) is 0. The SMILES string of the molecule is C[C@@H](NC(=O)CSc1nc2ccccc2c(=O)n1C[C@@H]1CCCO1)c1ccc2c(c1)CCCC2. The zero-order valence-electron chi connectivity index (χ0n) is 19.6. The Labute approximate surface area is 204 Å². The normalized spacial score (nSPS) is 18.6. The fraction of sp³-hybridized carbons (Fsp3) is 0.444. The zero-order valence-corrected chi connectivity index (χ0v) is 20.4. The molecule has 34 heavy (non-hydrogen) atoms. The Morgan fingerprint density at radius 2 is 2.00 bits per heavy atom. The number of hydrogen-bond acceptors (Lipinski definition) is 5. The summed E-state index contributed by atoms with van der Waals surface area (Å²) < 4.78 is 7.45. The molecule has 0 saturated carbocycles. The van der Waals surface area contributed by atoms with E-state index in [-0.39, 0.29) is 29.4 Å². The van der Waals surface area contributed by atoms with Crippen molar-refractivity contribution >= 4 is 28.6 Å². The molecule has 1 aromatic heterocycles. The molecule has 1 N–H and O–H groups in total. The summed E-state index contributed by atoms with van der Waals surface area (Å²) in [5.41, 5.74) is 4.57. The Kier molecular flexibility index (Phi) is 7.02. The minimum absolute atomic E-state index is 0.0119. The van der Waals surface area contributed by atoms with Crippen LogP contribution >= 0.6 is 11.8 Å². The number of nitrogens with one attached hydrogen (secondary N) is 1. The molecule has 2 aromatic carbocycles. The van der Waals surface area contributed by atoms with Crippen LogP contribution in [0.25, 0.3) is 10.9 Å².